The van der Waals surface area contributed by atoms with Crippen molar-refractivity contribution >= 4 is 17.2 Å². The Bertz CT molecular complexity index is 1170. The number of carbonyl (C=O) groups excluding carboxylic acids is 1. The number of nitrogens with one attached hydrogen (secondary N) is 1. The molecule has 5 rings (SSSR count). The summed E-state index contributed by atoms with van der Waals surface area (Å²) in [6.07, 6.45) is 5.76. The van der Waals surface area contributed by atoms with E-state index in [0.717, 1.165) is 23.3 Å². The van der Waals surface area contributed by atoms with Gasteiger partial charge in [0.15, 0.2) is 11.2 Å². The van der Waals surface area contributed by atoms with E-state index < -0.39 is 0 Å². The highest BCUT2D eigenvalue weighted by Gasteiger charge is 2.54. The minimum atomic E-state index is -0.327. The molecule has 8 heteroatoms. The van der Waals surface area contributed by atoms with E-state index in [1.54, 1.807) is 23.2 Å². The van der Waals surface area contributed by atoms with Gasteiger partial charge in [-0.3, -0.25) is 4.79 Å². The van der Waals surface area contributed by atoms with Crippen LogP contribution in [0.15, 0.2) is 54.7 Å². The van der Waals surface area contributed by atoms with E-state index in [4.69, 9.17) is 4.74 Å². The molecule has 3 aromatic rings. The van der Waals surface area contributed by atoms with Crippen LogP contribution in [-0.2, 0) is 0 Å². The van der Waals surface area contributed by atoms with Crippen LogP contribution in [0.2, 0.25) is 0 Å². The van der Waals surface area contributed by atoms with Gasteiger partial charge >= 0.3 is 0 Å². The van der Waals surface area contributed by atoms with E-state index >= 15 is 0 Å². The van der Waals surface area contributed by atoms with Crippen molar-refractivity contribution in [3.05, 3.63) is 65.6 Å². The molecule has 1 saturated carbocycles. The standard InChI is InChI=1S/C23H19FN4O2S/c24-16-5-7-17(8-6-16)30-19-4-2-1-3-18(19)20-11-26-22(31-20)21(29)27-23-10-9-15(23)12-28(13-23)14-25/h1-8,11,15H,9-10,12-13H2,(H,27,29)/t15?,23-/m0/s1. The van der Waals surface area contributed by atoms with Gasteiger partial charge in [-0.25, -0.2) is 9.37 Å². The van der Waals surface area contributed by atoms with Crippen molar-refractivity contribution in [3.63, 3.8) is 0 Å². The minimum Gasteiger partial charge on any atom is -0.457 e. The van der Waals surface area contributed by atoms with Crippen LogP contribution in [0.4, 0.5) is 4.39 Å². The number of nitriles is 1. The second-order valence-electron chi connectivity index (χ2n) is 7.91. The van der Waals surface area contributed by atoms with Gasteiger partial charge in [0.25, 0.3) is 5.91 Å². The number of halogens is 1. The van der Waals surface area contributed by atoms with Crippen molar-refractivity contribution in [3.8, 4) is 28.1 Å². The Morgan fingerprint density at radius 3 is 2.84 bits per heavy atom. The minimum absolute atomic E-state index is 0.210. The Hall–Kier alpha value is -3.44. The number of amides is 1. The molecule has 2 aromatic carbocycles. The van der Waals surface area contributed by atoms with Gasteiger partial charge in [-0.05, 0) is 49.2 Å². The first-order chi connectivity index (χ1) is 15.1. The Balaban J connectivity index is 1.35. The molecule has 31 heavy (non-hydrogen) atoms. The maximum Gasteiger partial charge on any atom is 0.280 e. The molecule has 1 N–H and O–H groups in total. The topological polar surface area (TPSA) is 78.3 Å². The molecule has 156 valence electrons. The Morgan fingerprint density at radius 1 is 1.29 bits per heavy atom. The maximum atomic E-state index is 13.2. The van der Waals surface area contributed by atoms with Crippen LogP contribution in [-0.4, -0.2) is 34.4 Å². The molecule has 2 fully saturated rings. The summed E-state index contributed by atoms with van der Waals surface area (Å²) in [5.41, 5.74) is 0.488. The van der Waals surface area contributed by atoms with Crippen LogP contribution in [0.1, 0.15) is 22.6 Å². The van der Waals surface area contributed by atoms with Crippen molar-refractivity contribution < 1.29 is 13.9 Å². The number of likely N-dealkylation sites (tertiary alicyclic amines) is 1. The molecule has 2 heterocycles. The molecule has 0 radical (unpaired) electrons. The summed E-state index contributed by atoms with van der Waals surface area (Å²) in [5, 5.41) is 12.7. The zero-order valence-electron chi connectivity index (χ0n) is 16.5. The molecule has 1 aliphatic carbocycles. The maximum absolute atomic E-state index is 13.2. The summed E-state index contributed by atoms with van der Waals surface area (Å²) >= 11 is 1.29. The summed E-state index contributed by atoms with van der Waals surface area (Å²) in [7, 11) is 0. The van der Waals surface area contributed by atoms with E-state index in [1.807, 2.05) is 24.3 Å². The lowest BCUT2D eigenvalue weighted by Crippen LogP contribution is -2.60. The highest BCUT2D eigenvalue weighted by atomic mass is 32.1. The monoisotopic (exact) mass is 434 g/mol. The zero-order valence-corrected chi connectivity index (χ0v) is 17.4. The number of thiazole rings is 1. The van der Waals surface area contributed by atoms with Crippen LogP contribution in [0, 0.1) is 23.2 Å². The number of ether oxygens (including phenoxy) is 1. The van der Waals surface area contributed by atoms with E-state index in [1.165, 1.54) is 23.5 Å². The molecule has 2 aliphatic rings. The van der Waals surface area contributed by atoms with E-state index in [0.29, 0.717) is 35.5 Å². The molecule has 1 aliphatic heterocycles. The van der Waals surface area contributed by atoms with Crippen LogP contribution in [0.5, 0.6) is 11.5 Å². The van der Waals surface area contributed by atoms with Gasteiger partial charge in [0, 0.05) is 24.2 Å². The fourth-order valence-corrected chi connectivity index (χ4v) is 5.14. The highest BCUT2D eigenvalue weighted by molar-refractivity contribution is 7.17. The fourth-order valence-electron chi connectivity index (χ4n) is 4.29. The van der Waals surface area contributed by atoms with Gasteiger partial charge in [0.2, 0.25) is 0 Å². The third-order valence-electron chi connectivity index (χ3n) is 6.03. The Morgan fingerprint density at radius 2 is 2.10 bits per heavy atom. The molecule has 6 nitrogen and oxygen atoms in total. The largest absolute Gasteiger partial charge is 0.457 e. The lowest BCUT2D eigenvalue weighted by Gasteiger charge is -2.44. The summed E-state index contributed by atoms with van der Waals surface area (Å²) in [6.45, 7) is 1.26. The van der Waals surface area contributed by atoms with E-state index in [9.17, 15) is 14.4 Å². The molecule has 1 amide bonds. The smallest absolute Gasteiger partial charge is 0.280 e. The van der Waals surface area contributed by atoms with Gasteiger partial charge in [-0.1, -0.05) is 12.1 Å². The predicted molar refractivity (Wildman–Crippen MR) is 114 cm³/mol. The Kier molecular flexibility index (Phi) is 4.83. The van der Waals surface area contributed by atoms with E-state index in [-0.39, 0.29) is 17.3 Å². The molecular formula is C23H19FN4O2S. The van der Waals surface area contributed by atoms with Crippen molar-refractivity contribution in [1.82, 2.24) is 15.2 Å². The second kappa shape index (κ2) is 7.67. The number of rotatable bonds is 5. The van der Waals surface area contributed by atoms with Crippen LogP contribution in [0.25, 0.3) is 10.4 Å². The number of para-hydroxylation sites is 1. The number of fused-ring (bicyclic) bond motifs is 1. The van der Waals surface area contributed by atoms with Crippen molar-refractivity contribution in [2.24, 2.45) is 5.92 Å². The van der Waals surface area contributed by atoms with Crippen molar-refractivity contribution in [1.29, 1.82) is 5.26 Å². The number of carbonyl (C=O) groups is 1. The molecule has 0 bridgehead atoms. The number of nitrogens with zero attached hydrogens (tertiary/aromatic N) is 3. The summed E-state index contributed by atoms with van der Waals surface area (Å²) in [5.74, 6) is 0.905. The predicted octanol–water partition coefficient (Wildman–Crippen LogP) is 4.42. The van der Waals surface area contributed by atoms with E-state index in [2.05, 4.69) is 16.5 Å². The van der Waals surface area contributed by atoms with Gasteiger partial charge in [0.05, 0.1) is 17.0 Å². The van der Waals surface area contributed by atoms with Crippen LogP contribution in [0.3, 0.4) is 0 Å². The quantitative estimate of drug-likeness (QED) is 0.602. The number of hydrogen-bond acceptors (Lipinski definition) is 6. The third-order valence-corrected chi connectivity index (χ3v) is 7.06. The summed E-state index contributed by atoms with van der Waals surface area (Å²) in [4.78, 5) is 19.8. The number of benzene rings is 2. The molecule has 1 aromatic heterocycles. The molecular weight excluding hydrogens is 415 g/mol. The first-order valence-corrected chi connectivity index (χ1v) is 10.8. The highest BCUT2D eigenvalue weighted by Crippen LogP contribution is 2.44. The average molecular weight is 434 g/mol. The Labute approximate surface area is 182 Å². The average Bonchev–Trinajstić information content (AvgIpc) is 3.35. The van der Waals surface area contributed by atoms with Gasteiger partial charge in [-0.2, -0.15) is 5.26 Å². The molecule has 1 unspecified atom stereocenters. The SMILES string of the molecule is N#CN1CC2CC[C@]2(NC(=O)c2ncc(-c3ccccc3Oc3ccc(F)cc3)s2)C1. The normalized spacial score (nSPS) is 21.7. The molecule has 1 saturated heterocycles. The van der Waals surface area contributed by atoms with Gasteiger partial charge < -0.3 is 15.0 Å². The lowest BCUT2D eigenvalue weighted by molar-refractivity contribution is 0.0762. The van der Waals surface area contributed by atoms with Crippen molar-refractivity contribution in [2.45, 2.75) is 18.4 Å². The number of aromatic nitrogens is 1. The van der Waals surface area contributed by atoms with Gasteiger partial charge in [0.1, 0.15) is 17.3 Å². The second-order valence-corrected chi connectivity index (χ2v) is 8.94. The van der Waals surface area contributed by atoms with Gasteiger partial charge in [-0.15, -0.1) is 11.3 Å². The summed E-state index contributed by atoms with van der Waals surface area (Å²) < 4.78 is 19.1. The summed E-state index contributed by atoms with van der Waals surface area (Å²) in [6, 6.07) is 13.3. The zero-order chi connectivity index (χ0) is 21.4. The number of hydrogen-bond donors (Lipinski definition) is 1. The lowest BCUT2D eigenvalue weighted by atomic mass is 9.69. The first-order valence-electron chi connectivity index (χ1n) is 10.0. The van der Waals surface area contributed by atoms with Crippen LogP contribution >= 0.6 is 11.3 Å². The third kappa shape index (κ3) is 3.62. The first kappa shape index (κ1) is 19.5. The van der Waals surface area contributed by atoms with Crippen LogP contribution < -0.4 is 10.1 Å². The molecule has 0 spiro atoms. The molecule has 2 atom stereocenters. The van der Waals surface area contributed by atoms with Crippen molar-refractivity contribution in [2.75, 3.05) is 13.1 Å². The fraction of sp³-hybridized carbons (Fsp3) is 0.261.